The average Bonchev–Trinajstić information content (AvgIpc) is 2.46. The van der Waals surface area contributed by atoms with Crippen LogP contribution in [-0.2, 0) is 10.1 Å². The summed E-state index contributed by atoms with van der Waals surface area (Å²) in [7, 11) is 1.69. The molecule has 2 fully saturated rings. The number of alkyl halides is 1. The number of hydrogen-bond donors (Lipinski definition) is 0. The highest BCUT2D eigenvalue weighted by Crippen LogP contribution is 2.43. The second-order valence-electron chi connectivity index (χ2n) is 5.74. The lowest BCUT2D eigenvalue weighted by molar-refractivity contribution is -0.153. The van der Waals surface area contributed by atoms with Crippen molar-refractivity contribution in [1.82, 2.24) is 0 Å². The molecule has 1 aromatic carbocycles. The molecule has 0 N–H and O–H groups in total. The number of ether oxygens (including phenoxy) is 3. The molecule has 1 aromatic rings. The Morgan fingerprint density at radius 1 is 1.35 bits per heavy atom. The van der Waals surface area contributed by atoms with Gasteiger partial charge in [0.2, 0.25) is 0 Å². The normalized spacial score (nSPS) is 24.2. The highest BCUT2D eigenvalue weighted by atomic mass is 79.9. The maximum Gasteiger partial charge on any atom is 0.161 e. The van der Waals surface area contributed by atoms with Gasteiger partial charge in [-0.1, -0.05) is 22.0 Å². The molecule has 4 heteroatoms. The van der Waals surface area contributed by atoms with Crippen LogP contribution in [0.1, 0.15) is 37.7 Å². The molecule has 1 unspecified atom stereocenters. The van der Waals surface area contributed by atoms with Gasteiger partial charge in [-0.2, -0.15) is 0 Å². The lowest BCUT2D eigenvalue weighted by Gasteiger charge is -2.46. The molecule has 0 amide bonds. The summed E-state index contributed by atoms with van der Waals surface area (Å²) in [5.74, 6) is 1.66. The standard InChI is InChI=1S/C16H21BrO3/c1-18-15-9-12(11-17)3-4-14(15)20-13-5-8-19-16(10-13)6-2-7-16/h3-4,9,13H,2,5-8,10-11H2,1H3. The Morgan fingerprint density at radius 3 is 2.85 bits per heavy atom. The largest absolute Gasteiger partial charge is 0.493 e. The minimum atomic E-state index is 0.117. The van der Waals surface area contributed by atoms with Crippen LogP contribution in [0, 0.1) is 0 Å². The summed E-state index contributed by atoms with van der Waals surface area (Å²) in [5, 5.41) is 0.823. The molecule has 110 valence electrons. The van der Waals surface area contributed by atoms with Crippen molar-refractivity contribution in [3.63, 3.8) is 0 Å². The van der Waals surface area contributed by atoms with Crippen molar-refractivity contribution in [3.8, 4) is 11.5 Å². The van der Waals surface area contributed by atoms with Crippen LogP contribution < -0.4 is 9.47 Å². The highest BCUT2D eigenvalue weighted by Gasteiger charge is 2.43. The van der Waals surface area contributed by atoms with Gasteiger partial charge >= 0.3 is 0 Å². The quantitative estimate of drug-likeness (QED) is 0.773. The monoisotopic (exact) mass is 340 g/mol. The van der Waals surface area contributed by atoms with E-state index in [1.165, 1.54) is 24.8 Å². The van der Waals surface area contributed by atoms with Gasteiger partial charge in [0.25, 0.3) is 0 Å². The van der Waals surface area contributed by atoms with Gasteiger partial charge in [-0.15, -0.1) is 0 Å². The van der Waals surface area contributed by atoms with Gasteiger partial charge in [0, 0.05) is 18.2 Å². The van der Waals surface area contributed by atoms with Gasteiger partial charge in [0.1, 0.15) is 6.10 Å². The number of halogens is 1. The predicted molar refractivity (Wildman–Crippen MR) is 81.8 cm³/mol. The zero-order valence-corrected chi connectivity index (χ0v) is 13.4. The number of benzene rings is 1. The maximum absolute atomic E-state index is 6.19. The summed E-state index contributed by atoms with van der Waals surface area (Å²) >= 11 is 3.46. The summed E-state index contributed by atoms with van der Waals surface area (Å²) < 4.78 is 17.6. The van der Waals surface area contributed by atoms with Crippen LogP contribution >= 0.6 is 15.9 Å². The van der Waals surface area contributed by atoms with Crippen molar-refractivity contribution in [2.45, 2.75) is 49.1 Å². The van der Waals surface area contributed by atoms with Crippen LogP contribution in [0.3, 0.4) is 0 Å². The molecule has 1 saturated heterocycles. The molecule has 3 nitrogen and oxygen atoms in total. The topological polar surface area (TPSA) is 27.7 Å². The van der Waals surface area contributed by atoms with E-state index in [0.717, 1.165) is 36.3 Å². The second-order valence-corrected chi connectivity index (χ2v) is 6.30. The number of hydrogen-bond acceptors (Lipinski definition) is 3. The molecule has 1 atom stereocenters. The summed E-state index contributed by atoms with van der Waals surface area (Å²) in [6.45, 7) is 0.812. The summed E-state index contributed by atoms with van der Waals surface area (Å²) in [5.41, 5.74) is 1.31. The van der Waals surface area contributed by atoms with E-state index in [-0.39, 0.29) is 11.7 Å². The van der Waals surface area contributed by atoms with Crippen molar-refractivity contribution in [1.29, 1.82) is 0 Å². The Hall–Kier alpha value is -0.740. The Kier molecular flexibility index (Phi) is 4.22. The lowest BCUT2D eigenvalue weighted by atomic mass is 9.74. The zero-order valence-electron chi connectivity index (χ0n) is 11.9. The van der Waals surface area contributed by atoms with Gasteiger partial charge in [-0.05, 0) is 37.0 Å². The van der Waals surface area contributed by atoms with Gasteiger partial charge in [-0.25, -0.2) is 0 Å². The number of methoxy groups -OCH3 is 1. The molecule has 0 radical (unpaired) electrons. The first kappa shape index (κ1) is 14.2. The molecule has 0 aromatic heterocycles. The van der Waals surface area contributed by atoms with Gasteiger partial charge < -0.3 is 14.2 Å². The van der Waals surface area contributed by atoms with E-state index >= 15 is 0 Å². The Labute approximate surface area is 128 Å². The van der Waals surface area contributed by atoms with Crippen molar-refractivity contribution in [3.05, 3.63) is 23.8 Å². The lowest BCUT2D eigenvalue weighted by Crippen LogP contribution is -2.48. The fraction of sp³-hybridized carbons (Fsp3) is 0.625. The van der Waals surface area contributed by atoms with E-state index in [2.05, 4.69) is 22.0 Å². The van der Waals surface area contributed by atoms with Gasteiger partial charge in [0.05, 0.1) is 19.3 Å². The first-order valence-electron chi connectivity index (χ1n) is 7.28. The minimum absolute atomic E-state index is 0.117. The molecule has 3 rings (SSSR count). The summed E-state index contributed by atoms with van der Waals surface area (Å²) in [6.07, 6.45) is 5.88. The first-order chi connectivity index (χ1) is 9.74. The van der Waals surface area contributed by atoms with Crippen molar-refractivity contribution < 1.29 is 14.2 Å². The molecular formula is C16H21BrO3. The third-order valence-corrected chi connectivity index (χ3v) is 5.04. The van der Waals surface area contributed by atoms with E-state index < -0.39 is 0 Å². The average molecular weight is 341 g/mol. The Bertz CT molecular complexity index is 471. The van der Waals surface area contributed by atoms with Crippen LogP contribution in [-0.4, -0.2) is 25.4 Å². The van der Waals surface area contributed by atoms with E-state index in [1.54, 1.807) is 7.11 Å². The van der Waals surface area contributed by atoms with Crippen molar-refractivity contribution in [2.75, 3.05) is 13.7 Å². The molecule has 1 aliphatic carbocycles. The molecular weight excluding hydrogens is 320 g/mol. The fourth-order valence-corrected chi connectivity index (χ4v) is 3.42. The Morgan fingerprint density at radius 2 is 2.20 bits per heavy atom. The van der Waals surface area contributed by atoms with Crippen molar-refractivity contribution >= 4 is 15.9 Å². The molecule has 20 heavy (non-hydrogen) atoms. The fourth-order valence-electron chi connectivity index (χ4n) is 3.07. The van der Waals surface area contributed by atoms with E-state index in [9.17, 15) is 0 Å². The second kappa shape index (κ2) is 5.94. The molecule has 1 heterocycles. The highest BCUT2D eigenvalue weighted by molar-refractivity contribution is 9.08. The Balaban J connectivity index is 1.70. The number of rotatable bonds is 4. The summed E-state index contributed by atoms with van der Waals surface area (Å²) in [4.78, 5) is 0. The minimum Gasteiger partial charge on any atom is -0.493 e. The van der Waals surface area contributed by atoms with E-state index in [0.29, 0.717) is 0 Å². The third kappa shape index (κ3) is 2.82. The van der Waals surface area contributed by atoms with Crippen LogP contribution in [0.5, 0.6) is 11.5 Å². The van der Waals surface area contributed by atoms with E-state index in [1.807, 2.05) is 12.1 Å². The smallest absolute Gasteiger partial charge is 0.161 e. The van der Waals surface area contributed by atoms with Gasteiger partial charge in [0.15, 0.2) is 11.5 Å². The molecule has 1 saturated carbocycles. The SMILES string of the molecule is COc1cc(CBr)ccc1OC1CCOC2(CCC2)C1. The van der Waals surface area contributed by atoms with Crippen LogP contribution in [0.2, 0.25) is 0 Å². The van der Waals surface area contributed by atoms with Crippen LogP contribution in [0.15, 0.2) is 18.2 Å². The predicted octanol–water partition coefficient (Wildman–Crippen LogP) is 4.07. The van der Waals surface area contributed by atoms with Crippen LogP contribution in [0.4, 0.5) is 0 Å². The maximum atomic E-state index is 6.19. The van der Waals surface area contributed by atoms with Crippen molar-refractivity contribution in [2.24, 2.45) is 0 Å². The zero-order chi connectivity index (χ0) is 14.0. The molecule has 1 spiro atoms. The third-order valence-electron chi connectivity index (χ3n) is 4.39. The molecule has 0 bridgehead atoms. The van der Waals surface area contributed by atoms with Crippen LogP contribution in [0.25, 0.3) is 0 Å². The molecule has 1 aliphatic heterocycles. The molecule has 2 aliphatic rings. The summed E-state index contributed by atoms with van der Waals surface area (Å²) in [6, 6.07) is 6.12. The first-order valence-corrected chi connectivity index (χ1v) is 8.40. The van der Waals surface area contributed by atoms with E-state index in [4.69, 9.17) is 14.2 Å². The van der Waals surface area contributed by atoms with Gasteiger partial charge in [-0.3, -0.25) is 0 Å².